The summed E-state index contributed by atoms with van der Waals surface area (Å²) in [4.78, 5) is 4.53. The molecule has 1 aliphatic heterocycles. The Bertz CT molecular complexity index is 555. The Morgan fingerprint density at radius 3 is 2.94 bits per heavy atom. The second kappa shape index (κ2) is 4.82. The van der Waals surface area contributed by atoms with Crippen molar-refractivity contribution in [3.05, 3.63) is 34.6 Å². The molecular formula is C13H14BrN3O. The highest BCUT2D eigenvalue weighted by molar-refractivity contribution is 9.10. The maximum Gasteiger partial charge on any atom is 0.231 e. The number of halogens is 1. The summed E-state index contributed by atoms with van der Waals surface area (Å²) in [6, 6.07) is 8.30. The minimum atomic E-state index is 0.328. The van der Waals surface area contributed by atoms with Crippen LogP contribution in [0.4, 0.5) is 0 Å². The minimum absolute atomic E-state index is 0.328. The van der Waals surface area contributed by atoms with E-state index in [4.69, 9.17) is 4.52 Å². The van der Waals surface area contributed by atoms with Crippen molar-refractivity contribution in [2.75, 3.05) is 6.54 Å². The largest absolute Gasteiger partial charge is 0.339 e. The van der Waals surface area contributed by atoms with Crippen LogP contribution in [-0.4, -0.2) is 22.7 Å². The van der Waals surface area contributed by atoms with Gasteiger partial charge in [0, 0.05) is 16.1 Å². The number of nitrogens with one attached hydrogen (secondary N) is 1. The van der Waals surface area contributed by atoms with Gasteiger partial charge in [0.25, 0.3) is 0 Å². The first-order valence-electron chi connectivity index (χ1n) is 6.07. The van der Waals surface area contributed by atoms with Crippen LogP contribution in [0.5, 0.6) is 0 Å². The second-order valence-corrected chi connectivity index (χ2v) is 5.43. The molecule has 3 rings (SSSR count). The zero-order valence-corrected chi connectivity index (χ0v) is 11.6. The molecule has 2 heterocycles. The van der Waals surface area contributed by atoms with Gasteiger partial charge in [0.1, 0.15) is 0 Å². The van der Waals surface area contributed by atoms with Gasteiger partial charge in [-0.1, -0.05) is 33.2 Å². The number of aromatic nitrogens is 2. The molecule has 18 heavy (non-hydrogen) atoms. The molecule has 1 aliphatic rings. The Kier molecular flexibility index (Phi) is 3.18. The average molecular weight is 308 g/mol. The van der Waals surface area contributed by atoms with E-state index in [1.165, 1.54) is 0 Å². The lowest BCUT2D eigenvalue weighted by Gasteiger charge is -2.08. The van der Waals surface area contributed by atoms with Gasteiger partial charge in [-0.2, -0.15) is 4.98 Å². The number of benzene rings is 1. The molecule has 0 spiro atoms. The van der Waals surface area contributed by atoms with Crippen LogP contribution in [-0.2, 0) is 0 Å². The predicted octanol–water partition coefficient (Wildman–Crippen LogP) is 2.96. The summed E-state index contributed by atoms with van der Waals surface area (Å²) in [6.45, 7) is 3.17. The normalized spacial score (nSPS) is 23.4. The van der Waals surface area contributed by atoms with Gasteiger partial charge >= 0.3 is 0 Å². The third-order valence-electron chi connectivity index (χ3n) is 3.40. The summed E-state index contributed by atoms with van der Waals surface area (Å²) in [5, 5.41) is 7.47. The summed E-state index contributed by atoms with van der Waals surface area (Å²) >= 11 is 3.50. The van der Waals surface area contributed by atoms with Crippen molar-refractivity contribution in [2.45, 2.75) is 25.3 Å². The Labute approximate surface area is 114 Å². The standard InChI is InChI=1S/C13H14BrN3O/c1-8-9(6-7-15-8)13-16-12(17-18-13)10-4-2-3-5-11(10)14/h2-5,8-9,15H,6-7H2,1H3. The first-order chi connectivity index (χ1) is 8.75. The molecule has 1 fully saturated rings. The maximum absolute atomic E-state index is 5.41. The summed E-state index contributed by atoms with van der Waals surface area (Å²) in [7, 11) is 0. The van der Waals surface area contributed by atoms with Crippen LogP contribution in [0.2, 0.25) is 0 Å². The van der Waals surface area contributed by atoms with Crippen molar-refractivity contribution in [1.29, 1.82) is 0 Å². The molecule has 4 nitrogen and oxygen atoms in total. The molecule has 94 valence electrons. The van der Waals surface area contributed by atoms with Crippen molar-refractivity contribution < 1.29 is 4.52 Å². The summed E-state index contributed by atoms with van der Waals surface area (Å²) in [5.74, 6) is 1.71. The first kappa shape index (κ1) is 11.9. The Hall–Kier alpha value is -1.20. The molecule has 0 amide bonds. The first-order valence-corrected chi connectivity index (χ1v) is 6.87. The lowest BCUT2D eigenvalue weighted by atomic mass is 10.0. The van der Waals surface area contributed by atoms with E-state index in [-0.39, 0.29) is 0 Å². The van der Waals surface area contributed by atoms with Gasteiger partial charge in [-0.15, -0.1) is 0 Å². The third kappa shape index (κ3) is 2.08. The highest BCUT2D eigenvalue weighted by Gasteiger charge is 2.29. The maximum atomic E-state index is 5.41. The fourth-order valence-corrected chi connectivity index (χ4v) is 2.80. The predicted molar refractivity (Wildman–Crippen MR) is 72.3 cm³/mol. The second-order valence-electron chi connectivity index (χ2n) is 4.57. The Morgan fingerprint density at radius 2 is 2.22 bits per heavy atom. The third-order valence-corrected chi connectivity index (χ3v) is 4.09. The smallest absolute Gasteiger partial charge is 0.231 e. The molecule has 1 aromatic heterocycles. The highest BCUT2D eigenvalue weighted by atomic mass is 79.9. The van der Waals surface area contributed by atoms with E-state index < -0.39 is 0 Å². The van der Waals surface area contributed by atoms with Gasteiger partial charge in [0.15, 0.2) is 0 Å². The van der Waals surface area contributed by atoms with Crippen LogP contribution in [0.3, 0.4) is 0 Å². The van der Waals surface area contributed by atoms with Crippen molar-refractivity contribution in [3.8, 4) is 11.4 Å². The van der Waals surface area contributed by atoms with E-state index in [1.807, 2.05) is 24.3 Å². The molecule has 0 radical (unpaired) electrons. The lowest BCUT2D eigenvalue weighted by Crippen LogP contribution is -2.21. The van der Waals surface area contributed by atoms with Crippen molar-refractivity contribution in [2.24, 2.45) is 0 Å². The Balaban J connectivity index is 1.92. The van der Waals surface area contributed by atoms with E-state index >= 15 is 0 Å². The minimum Gasteiger partial charge on any atom is -0.339 e. The van der Waals surface area contributed by atoms with Crippen LogP contribution in [0.25, 0.3) is 11.4 Å². The van der Waals surface area contributed by atoms with Crippen LogP contribution in [0.1, 0.15) is 25.2 Å². The Morgan fingerprint density at radius 1 is 1.39 bits per heavy atom. The summed E-state index contributed by atoms with van der Waals surface area (Å²) in [5.41, 5.74) is 0.964. The van der Waals surface area contributed by atoms with E-state index in [9.17, 15) is 0 Å². The molecule has 1 aromatic carbocycles. The molecule has 5 heteroatoms. The fraction of sp³-hybridized carbons (Fsp3) is 0.385. The molecular weight excluding hydrogens is 294 g/mol. The molecule has 0 aliphatic carbocycles. The zero-order valence-electron chi connectivity index (χ0n) is 10.1. The van der Waals surface area contributed by atoms with Gasteiger partial charge in [-0.05, 0) is 32.0 Å². The molecule has 2 unspecified atom stereocenters. The zero-order chi connectivity index (χ0) is 12.5. The summed E-state index contributed by atoms with van der Waals surface area (Å²) < 4.78 is 6.39. The van der Waals surface area contributed by atoms with Crippen LogP contribution in [0, 0.1) is 0 Å². The molecule has 1 saturated heterocycles. The van der Waals surface area contributed by atoms with Crippen LogP contribution in [0.15, 0.2) is 33.3 Å². The molecule has 2 aromatic rings. The number of nitrogens with zero attached hydrogens (tertiary/aromatic N) is 2. The topological polar surface area (TPSA) is 51.0 Å². The lowest BCUT2D eigenvalue weighted by molar-refractivity contribution is 0.345. The molecule has 0 saturated carbocycles. The van der Waals surface area contributed by atoms with E-state index in [0.717, 1.165) is 28.9 Å². The highest BCUT2D eigenvalue weighted by Crippen LogP contribution is 2.30. The SMILES string of the molecule is CC1NCCC1c1nc(-c2ccccc2Br)no1. The van der Waals surface area contributed by atoms with Crippen molar-refractivity contribution >= 4 is 15.9 Å². The number of hydrogen-bond acceptors (Lipinski definition) is 4. The molecule has 2 atom stereocenters. The van der Waals surface area contributed by atoms with E-state index in [0.29, 0.717) is 17.8 Å². The fourth-order valence-electron chi connectivity index (χ4n) is 2.33. The van der Waals surface area contributed by atoms with Gasteiger partial charge in [0.2, 0.25) is 11.7 Å². The van der Waals surface area contributed by atoms with Gasteiger partial charge in [0.05, 0.1) is 5.92 Å². The van der Waals surface area contributed by atoms with Crippen LogP contribution >= 0.6 is 15.9 Å². The molecule has 0 bridgehead atoms. The summed E-state index contributed by atoms with van der Waals surface area (Å²) in [6.07, 6.45) is 1.05. The van der Waals surface area contributed by atoms with E-state index in [2.05, 4.69) is 38.3 Å². The van der Waals surface area contributed by atoms with Crippen molar-refractivity contribution in [1.82, 2.24) is 15.5 Å². The van der Waals surface area contributed by atoms with Crippen molar-refractivity contribution in [3.63, 3.8) is 0 Å². The van der Waals surface area contributed by atoms with E-state index in [1.54, 1.807) is 0 Å². The van der Waals surface area contributed by atoms with Gasteiger partial charge in [-0.3, -0.25) is 0 Å². The average Bonchev–Trinajstić information content (AvgIpc) is 2.98. The van der Waals surface area contributed by atoms with Gasteiger partial charge in [-0.25, -0.2) is 0 Å². The molecule has 1 N–H and O–H groups in total. The number of rotatable bonds is 2. The quantitative estimate of drug-likeness (QED) is 0.926. The monoisotopic (exact) mass is 307 g/mol. The van der Waals surface area contributed by atoms with Crippen LogP contribution < -0.4 is 5.32 Å². The number of hydrogen-bond donors (Lipinski definition) is 1. The van der Waals surface area contributed by atoms with Gasteiger partial charge < -0.3 is 9.84 Å².